The zero-order valence-electron chi connectivity index (χ0n) is 11.7. The number of methoxy groups -OCH3 is 1. The van der Waals surface area contributed by atoms with Crippen LogP contribution in [0.25, 0.3) is 0 Å². The molecule has 0 saturated heterocycles. The fraction of sp³-hybridized carbons (Fsp3) is 0.125. The molecule has 0 aliphatic rings. The van der Waals surface area contributed by atoms with Crippen molar-refractivity contribution in [2.24, 2.45) is 0 Å². The summed E-state index contributed by atoms with van der Waals surface area (Å²) < 4.78 is 18.9. The molecule has 1 amide bonds. The van der Waals surface area contributed by atoms with Crippen LogP contribution in [0, 0.1) is 5.82 Å². The van der Waals surface area contributed by atoms with E-state index in [0.29, 0.717) is 21.3 Å². The van der Waals surface area contributed by atoms with E-state index >= 15 is 0 Å². The lowest BCUT2D eigenvalue weighted by atomic mass is 10.1. The van der Waals surface area contributed by atoms with E-state index in [2.05, 4.69) is 26.0 Å². The van der Waals surface area contributed by atoms with E-state index in [4.69, 9.17) is 0 Å². The predicted octanol–water partition coefficient (Wildman–Crippen LogP) is 3.56. The van der Waals surface area contributed by atoms with Crippen LogP contribution in [-0.4, -0.2) is 19.0 Å². The van der Waals surface area contributed by atoms with E-state index < -0.39 is 11.8 Å². The van der Waals surface area contributed by atoms with Crippen LogP contribution in [0.2, 0.25) is 0 Å². The third-order valence-corrected chi connectivity index (χ3v) is 3.44. The van der Waals surface area contributed by atoms with Crippen molar-refractivity contribution in [1.82, 2.24) is 0 Å². The van der Waals surface area contributed by atoms with Crippen LogP contribution in [0.1, 0.15) is 15.9 Å². The Labute approximate surface area is 135 Å². The van der Waals surface area contributed by atoms with Gasteiger partial charge in [-0.1, -0.05) is 15.9 Å². The Morgan fingerprint density at radius 2 is 1.86 bits per heavy atom. The minimum Gasteiger partial charge on any atom is -0.465 e. The van der Waals surface area contributed by atoms with Crippen LogP contribution in [-0.2, 0) is 16.0 Å². The van der Waals surface area contributed by atoms with Crippen LogP contribution in [0.3, 0.4) is 0 Å². The number of nitrogens with one attached hydrogen (secondary N) is 1. The number of halogens is 2. The molecule has 0 radical (unpaired) electrons. The summed E-state index contributed by atoms with van der Waals surface area (Å²) in [5.74, 6) is -1.23. The molecule has 0 aliphatic heterocycles. The number of rotatable bonds is 4. The number of anilines is 1. The summed E-state index contributed by atoms with van der Waals surface area (Å²) in [7, 11) is 1.30. The minimum atomic E-state index is -0.450. The first-order chi connectivity index (χ1) is 10.5. The third-order valence-electron chi connectivity index (χ3n) is 2.95. The van der Waals surface area contributed by atoms with E-state index in [0.717, 1.165) is 0 Å². The van der Waals surface area contributed by atoms with E-state index in [-0.39, 0.29) is 12.3 Å². The molecule has 0 aromatic heterocycles. The summed E-state index contributed by atoms with van der Waals surface area (Å²) in [6, 6.07) is 10.7. The first-order valence-electron chi connectivity index (χ1n) is 6.42. The van der Waals surface area contributed by atoms with Gasteiger partial charge < -0.3 is 10.1 Å². The molecule has 2 rings (SSSR count). The van der Waals surface area contributed by atoms with Gasteiger partial charge in [0.2, 0.25) is 5.91 Å². The molecule has 4 nitrogen and oxygen atoms in total. The summed E-state index contributed by atoms with van der Waals surface area (Å²) in [5, 5.41) is 2.65. The molecule has 6 heteroatoms. The summed E-state index contributed by atoms with van der Waals surface area (Å²) in [5.41, 5.74) is 1.21. The zero-order chi connectivity index (χ0) is 16.1. The van der Waals surface area contributed by atoms with Crippen molar-refractivity contribution in [2.45, 2.75) is 6.42 Å². The van der Waals surface area contributed by atoms with Crippen molar-refractivity contribution in [3.05, 3.63) is 63.9 Å². The normalized spacial score (nSPS) is 10.1. The number of hydrogen-bond acceptors (Lipinski definition) is 3. The minimum absolute atomic E-state index is 0.0793. The van der Waals surface area contributed by atoms with Crippen molar-refractivity contribution >= 4 is 33.5 Å². The van der Waals surface area contributed by atoms with Gasteiger partial charge >= 0.3 is 5.97 Å². The molecule has 2 aromatic carbocycles. The van der Waals surface area contributed by atoms with Gasteiger partial charge in [-0.25, -0.2) is 9.18 Å². The number of esters is 1. The molecular weight excluding hydrogens is 353 g/mol. The maximum Gasteiger partial charge on any atom is 0.337 e. The molecule has 2 aromatic rings. The van der Waals surface area contributed by atoms with Crippen LogP contribution >= 0.6 is 15.9 Å². The largest absolute Gasteiger partial charge is 0.465 e. The van der Waals surface area contributed by atoms with E-state index in [1.54, 1.807) is 36.4 Å². The van der Waals surface area contributed by atoms with Crippen molar-refractivity contribution in [3.63, 3.8) is 0 Å². The molecule has 0 saturated carbocycles. The molecule has 0 unspecified atom stereocenters. The molecule has 0 fully saturated rings. The van der Waals surface area contributed by atoms with Gasteiger partial charge in [0.25, 0.3) is 0 Å². The number of ether oxygens (including phenoxy) is 1. The molecule has 0 atom stereocenters. The average Bonchev–Trinajstić information content (AvgIpc) is 2.51. The third kappa shape index (κ3) is 4.14. The van der Waals surface area contributed by atoms with Gasteiger partial charge in [-0.2, -0.15) is 0 Å². The van der Waals surface area contributed by atoms with Gasteiger partial charge in [0, 0.05) is 10.2 Å². The first kappa shape index (κ1) is 16.2. The predicted molar refractivity (Wildman–Crippen MR) is 84.2 cm³/mol. The van der Waals surface area contributed by atoms with Gasteiger partial charge in [-0.3, -0.25) is 4.79 Å². The maximum atomic E-state index is 13.6. The second-order valence-electron chi connectivity index (χ2n) is 4.53. The van der Waals surface area contributed by atoms with E-state index in [9.17, 15) is 14.0 Å². The Hall–Kier alpha value is -2.21. The van der Waals surface area contributed by atoms with Gasteiger partial charge in [0.1, 0.15) is 5.82 Å². The van der Waals surface area contributed by atoms with Gasteiger partial charge in [-0.15, -0.1) is 0 Å². The smallest absolute Gasteiger partial charge is 0.337 e. The van der Waals surface area contributed by atoms with Gasteiger partial charge in [0.05, 0.1) is 19.1 Å². The Balaban J connectivity index is 2.03. The molecule has 0 spiro atoms. The standard InChI is InChI=1S/C16H13BrFNO3/c1-22-16(21)10-2-5-13(6-3-10)19-15(20)9-11-8-12(17)4-7-14(11)18/h2-8H,9H2,1H3,(H,19,20). The van der Waals surface area contributed by atoms with Crippen molar-refractivity contribution in [3.8, 4) is 0 Å². The second-order valence-corrected chi connectivity index (χ2v) is 5.45. The lowest BCUT2D eigenvalue weighted by molar-refractivity contribution is -0.115. The van der Waals surface area contributed by atoms with Crippen LogP contribution in [0.5, 0.6) is 0 Å². The zero-order valence-corrected chi connectivity index (χ0v) is 13.3. The molecule has 22 heavy (non-hydrogen) atoms. The lowest BCUT2D eigenvalue weighted by Crippen LogP contribution is -2.15. The monoisotopic (exact) mass is 365 g/mol. The highest BCUT2D eigenvalue weighted by Crippen LogP contribution is 2.17. The number of carbonyl (C=O) groups excluding carboxylic acids is 2. The summed E-state index contributed by atoms with van der Waals surface area (Å²) in [4.78, 5) is 23.2. The van der Waals surface area contributed by atoms with Gasteiger partial charge in [0.15, 0.2) is 0 Å². The van der Waals surface area contributed by atoms with E-state index in [1.165, 1.54) is 13.2 Å². The fourth-order valence-corrected chi connectivity index (χ4v) is 2.27. The lowest BCUT2D eigenvalue weighted by Gasteiger charge is -2.07. The van der Waals surface area contributed by atoms with Crippen molar-refractivity contribution in [1.29, 1.82) is 0 Å². The average molecular weight is 366 g/mol. The molecule has 0 bridgehead atoms. The number of amides is 1. The summed E-state index contributed by atoms with van der Waals surface area (Å²) >= 11 is 3.24. The Bertz CT molecular complexity index is 701. The molecule has 0 heterocycles. The molecule has 1 N–H and O–H groups in total. The number of carbonyl (C=O) groups is 2. The number of benzene rings is 2. The molecule has 0 aliphatic carbocycles. The van der Waals surface area contributed by atoms with Crippen LogP contribution in [0.4, 0.5) is 10.1 Å². The van der Waals surface area contributed by atoms with Gasteiger partial charge in [-0.05, 0) is 48.0 Å². The first-order valence-corrected chi connectivity index (χ1v) is 7.21. The quantitative estimate of drug-likeness (QED) is 0.842. The second kappa shape index (κ2) is 7.17. The number of hydrogen-bond donors (Lipinski definition) is 1. The van der Waals surface area contributed by atoms with Crippen molar-refractivity contribution in [2.75, 3.05) is 12.4 Å². The SMILES string of the molecule is COC(=O)c1ccc(NC(=O)Cc2cc(Br)ccc2F)cc1. The molecule has 114 valence electrons. The maximum absolute atomic E-state index is 13.6. The Kier molecular flexibility index (Phi) is 5.27. The van der Waals surface area contributed by atoms with Crippen LogP contribution in [0.15, 0.2) is 46.9 Å². The Morgan fingerprint density at radius 1 is 1.18 bits per heavy atom. The highest BCUT2D eigenvalue weighted by molar-refractivity contribution is 9.10. The summed E-state index contributed by atoms with van der Waals surface area (Å²) in [6.07, 6.45) is -0.0793. The van der Waals surface area contributed by atoms with E-state index in [1.807, 2.05) is 0 Å². The van der Waals surface area contributed by atoms with Crippen molar-refractivity contribution < 1.29 is 18.7 Å². The fourth-order valence-electron chi connectivity index (χ4n) is 1.86. The summed E-state index contributed by atoms with van der Waals surface area (Å²) in [6.45, 7) is 0. The molecular formula is C16H13BrFNO3. The topological polar surface area (TPSA) is 55.4 Å². The van der Waals surface area contributed by atoms with Crippen LogP contribution < -0.4 is 5.32 Å². The Morgan fingerprint density at radius 3 is 2.50 bits per heavy atom. The highest BCUT2D eigenvalue weighted by atomic mass is 79.9. The highest BCUT2D eigenvalue weighted by Gasteiger charge is 2.10.